The Labute approximate surface area is 110 Å². The highest BCUT2D eigenvalue weighted by molar-refractivity contribution is 7.05. The topological polar surface area (TPSA) is 51.6 Å². The molecule has 4 heterocycles. The van der Waals surface area contributed by atoms with Gasteiger partial charge in [-0.25, -0.2) is 0 Å². The van der Waals surface area contributed by atoms with Gasteiger partial charge >= 0.3 is 0 Å². The second-order valence-electron chi connectivity index (χ2n) is 3.84. The standard InChI is InChI=1S/C12H6N4S2/c1-2-14-12(9-6-18-15-10(1)9)7-3-13-4-11-8(7)5-17-16-11/h1-6H. The zero-order valence-electron chi connectivity index (χ0n) is 9.07. The Morgan fingerprint density at radius 3 is 2.67 bits per heavy atom. The van der Waals surface area contributed by atoms with Gasteiger partial charge in [-0.2, -0.15) is 8.75 Å². The molecule has 18 heavy (non-hydrogen) atoms. The normalized spacial score (nSPS) is 11.3. The number of fused-ring (bicyclic) bond motifs is 2. The molecule has 0 aliphatic rings. The molecule has 0 fully saturated rings. The molecule has 4 aromatic heterocycles. The van der Waals surface area contributed by atoms with E-state index in [0.717, 1.165) is 33.1 Å². The molecule has 0 unspecified atom stereocenters. The fraction of sp³-hybridized carbons (Fsp3) is 0. The summed E-state index contributed by atoms with van der Waals surface area (Å²) >= 11 is 2.88. The largest absolute Gasteiger partial charge is 0.262 e. The summed E-state index contributed by atoms with van der Waals surface area (Å²) in [6, 6.07) is 1.93. The van der Waals surface area contributed by atoms with Crippen LogP contribution in [0.25, 0.3) is 33.1 Å². The van der Waals surface area contributed by atoms with Gasteiger partial charge in [0.25, 0.3) is 0 Å². The molecule has 4 aromatic rings. The van der Waals surface area contributed by atoms with Crippen LogP contribution in [0.2, 0.25) is 0 Å². The summed E-state index contributed by atoms with van der Waals surface area (Å²) in [7, 11) is 0. The molecule has 0 bridgehead atoms. The van der Waals surface area contributed by atoms with Gasteiger partial charge < -0.3 is 0 Å². The molecular formula is C12H6N4S2. The van der Waals surface area contributed by atoms with Crippen LogP contribution in [-0.4, -0.2) is 18.7 Å². The van der Waals surface area contributed by atoms with Crippen molar-refractivity contribution in [3.05, 3.63) is 35.4 Å². The van der Waals surface area contributed by atoms with Gasteiger partial charge in [0.05, 0.1) is 17.4 Å². The summed E-state index contributed by atoms with van der Waals surface area (Å²) in [5.74, 6) is 0. The molecule has 86 valence electrons. The lowest BCUT2D eigenvalue weighted by atomic mass is 10.1. The molecule has 0 amide bonds. The van der Waals surface area contributed by atoms with E-state index in [1.165, 1.54) is 23.1 Å². The van der Waals surface area contributed by atoms with Crippen LogP contribution in [0.15, 0.2) is 35.4 Å². The number of aromatic nitrogens is 4. The van der Waals surface area contributed by atoms with Crippen LogP contribution in [0.1, 0.15) is 0 Å². The van der Waals surface area contributed by atoms with Gasteiger partial charge in [-0.1, -0.05) is 0 Å². The average molecular weight is 270 g/mol. The SMILES string of the molecule is c1cc2nscc2c(-c2cncc3nscc23)n1. The Hall–Kier alpha value is -1.92. The van der Waals surface area contributed by atoms with E-state index in [0.29, 0.717) is 0 Å². The first-order chi connectivity index (χ1) is 8.93. The molecule has 4 nitrogen and oxygen atoms in total. The van der Waals surface area contributed by atoms with Crippen molar-refractivity contribution in [2.24, 2.45) is 0 Å². The molecule has 0 saturated carbocycles. The van der Waals surface area contributed by atoms with Crippen molar-refractivity contribution >= 4 is 44.9 Å². The van der Waals surface area contributed by atoms with Crippen molar-refractivity contribution in [2.75, 3.05) is 0 Å². The summed E-state index contributed by atoms with van der Waals surface area (Å²) in [5.41, 5.74) is 3.84. The minimum Gasteiger partial charge on any atom is -0.262 e. The highest BCUT2D eigenvalue weighted by Gasteiger charge is 2.11. The van der Waals surface area contributed by atoms with Crippen molar-refractivity contribution in [2.45, 2.75) is 0 Å². The van der Waals surface area contributed by atoms with Gasteiger partial charge in [0.1, 0.15) is 5.52 Å². The lowest BCUT2D eigenvalue weighted by molar-refractivity contribution is 1.31. The monoisotopic (exact) mass is 270 g/mol. The number of hydrogen-bond acceptors (Lipinski definition) is 6. The average Bonchev–Trinajstić information content (AvgIpc) is 3.06. The molecule has 6 heteroatoms. The quantitative estimate of drug-likeness (QED) is 0.532. The van der Waals surface area contributed by atoms with Crippen molar-refractivity contribution < 1.29 is 0 Å². The van der Waals surface area contributed by atoms with E-state index in [2.05, 4.69) is 18.7 Å². The van der Waals surface area contributed by atoms with Crippen LogP contribution < -0.4 is 0 Å². The predicted molar refractivity (Wildman–Crippen MR) is 73.8 cm³/mol. The Morgan fingerprint density at radius 2 is 1.72 bits per heavy atom. The summed E-state index contributed by atoms with van der Waals surface area (Å²) in [5, 5.41) is 6.23. The van der Waals surface area contributed by atoms with Crippen LogP contribution in [0.3, 0.4) is 0 Å². The fourth-order valence-electron chi connectivity index (χ4n) is 1.99. The third-order valence-corrected chi connectivity index (χ3v) is 4.12. The lowest BCUT2D eigenvalue weighted by Gasteiger charge is -2.02. The third kappa shape index (κ3) is 1.36. The van der Waals surface area contributed by atoms with Crippen molar-refractivity contribution in [1.82, 2.24) is 18.7 Å². The second kappa shape index (κ2) is 3.79. The first-order valence-electron chi connectivity index (χ1n) is 5.31. The first kappa shape index (κ1) is 10.0. The van der Waals surface area contributed by atoms with E-state index >= 15 is 0 Å². The molecular weight excluding hydrogens is 264 g/mol. The van der Waals surface area contributed by atoms with E-state index in [-0.39, 0.29) is 0 Å². The third-order valence-electron chi connectivity index (χ3n) is 2.83. The number of hydrogen-bond donors (Lipinski definition) is 0. The maximum Gasteiger partial charge on any atom is 0.103 e. The highest BCUT2D eigenvalue weighted by Crippen LogP contribution is 2.32. The maximum atomic E-state index is 4.48. The Kier molecular flexibility index (Phi) is 2.12. The summed E-state index contributed by atoms with van der Waals surface area (Å²) in [4.78, 5) is 8.72. The molecule has 4 rings (SSSR count). The van der Waals surface area contributed by atoms with E-state index in [9.17, 15) is 0 Å². The highest BCUT2D eigenvalue weighted by atomic mass is 32.1. The van der Waals surface area contributed by atoms with Crippen LogP contribution in [0, 0.1) is 0 Å². The number of rotatable bonds is 1. The van der Waals surface area contributed by atoms with Gasteiger partial charge in [0.2, 0.25) is 0 Å². The summed E-state index contributed by atoms with van der Waals surface area (Å²) in [6.45, 7) is 0. The van der Waals surface area contributed by atoms with E-state index in [4.69, 9.17) is 0 Å². The lowest BCUT2D eigenvalue weighted by Crippen LogP contribution is -1.86. The van der Waals surface area contributed by atoms with Crippen LogP contribution in [-0.2, 0) is 0 Å². The molecule has 0 N–H and O–H groups in total. The van der Waals surface area contributed by atoms with Gasteiger partial charge in [0.15, 0.2) is 0 Å². The molecule has 0 saturated heterocycles. The van der Waals surface area contributed by atoms with E-state index < -0.39 is 0 Å². The van der Waals surface area contributed by atoms with Crippen LogP contribution in [0.4, 0.5) is 0 Å². The second-order valence-corrected chi connectivity index (χ2v) is 5.10. The number of pyridine rings is 2. The summed E-state index contributed by atoms with van der Waals surface area (Å²) in [6.07, 6.45) is 5.41. The molecule has 0 aromatic carbocycles. The molecule has 0 aliphatic carbocycles. The van der Waals surface area contributed by atoms with Crippen molar-refractivity contribution in [1.29, 1.82) is 0 Å². The minimum absolute atomic E-state index is 0.916. The zero-order valence-corrected chi connectivity index (χ0v) is 10.7. The predicted octanol–water partition coefficient (Wildman–Crippen LogP) is 3.36. The fourth-order valence-corrected chi connectivity index (χ4v) is 3.32. The summed E-state index contributed by atoms with van der Waals surface area (Å²) < 4.78 is 8.65. The van der Waals surface area contributed by atoms with Crippen LogP contribution >= 0.6 is 23.1 Å². The van der Waals surface area contributed by atoms with Gasteiger partial charge in [0, 0.05) is 39.5 Å². The van der Waals surface area contributed by atoms with Crippen molar-refractivity contribution in [3.63, 3.8) is 0 Å². The molecule has 0 spiro atoms. The smallest absolute Gasteiger partial charge is 0.103 e. The molecule has 0 radical (unpaired) electrons. The van der Waals surface area contributed by atoms with E-state index in [1.54, 1.807) is 12.4 Å². The molecule has 0 aliphatic heterocycles. The van der Waals surface area contributed by atoms with Crippen LogP contribution in [0.5, 0.6) is 0 Å². The Morgan fingerprint density at radius 1 is 0.889 bits per heavy atom. The van der Waals surface area contributed by atoms with Gasteiger partial charge in [-0.05, 0) is 29.1 Å². The molecule has 0 atom stereocenters. The van der Waals surface area contributed by atoms with E-state index in [1.807, 2.05) is 23.0 Å². The van der Waals surface area contributed by atoms with Gasteiger partial charge in [-0.15, -0.1) is 0 Å². The van der Waals surface area contributed by atoms with Gasteiger partial charge in [-0.3, -0.25) is 9.97 Å². The first-order valence-corrected chi connectivity index (χ1v) is 6.98. The maximum absolute atomic E-state index is 4.48. The Bertz CT molecular complexity index is 777. The zero-order chi connectivity index (χ0) is 11.9. The van der Waals surface area contributed by atoms with Crippen molar-refractivity contribution in [3.8, 4) is 11.3 Å². The number of nitrogens with zero attached hydrogens (tertiary/aromatic N) is 4. The minimum atomic E-state index is 0.916. The Balaban J connectivity index is 2.13.